The second-order valence-corrected chi connectivity index (χ2v) is 5.86. The molecule has 19 heavy (non-hydrogen) atoms. The number of hydrazine groups is 1. The molecule has 0 aliphatic heterocycles. The van der Waals surface area contributed by atoms with E-state index in [1.807, 2.05) is 19.2 Å². The summed E-state index contributed by atoms with van der Waals surface area (Å²) in [6, 6.07) is 4.08. The smallest absolute Gasteiger partial charge is 0.0950 e. The third-order valence-electron chi connectivity index (χ3n) is 3.29. The molecule has 0 amide bonds. The normalized spacial score (nSPS) is 12.6. The van der Waals surface area contributed by atoms with E-state index in [1.54, 1.807) is 11.3 Å². The number of aromatic nitrogens is 2. The van der Waals surface area contributed by atoms with Gasteiger partial charge in [0, 0.05) is 17.5 Å². The predicted molar refractivity (Wildman–Crippen MR) is 79.0 cm³/mol. The second-order valence-electron chi connectivity index (χ2n) is 4.57. The summed E-state index contributed by atoms with van der Waals surface area (Å²) in [6.07, 6.45) is 3.55. The summed E-state index contributed by atoms with van der Waals surface area (Å²) >= 11 is 1.73. The Balaban J connectivity index is 2.24. The Morgan fingerprint density at radius 1 is 1.42 bits per heavy atom. The molecule has 0 aliphatic rings. The fraction of sp³-hybridized carbons (Fsp3) is 0.429. The van der Waals surface area contributed by atoms with Crippen LogP contribution >= 0.6 is 11.3 Å². The van der Waals surface area contributed by atoms with Gasteiger partial charge >= 0.3 is 0 Å². The standard InChI is InChI=1S/C14H20N4S/c1-4-11-6-5-7-16-14(11)12(18-15)8-13-17-9(2)10(3)19-13/h5-7,12,18H,4,8,15H2,1-3H3. The van der Waals surface area contributed by atoms with E-state index in [0.717, 1.165) is 29.2 Å². The molecule has 0 aliphatic carbocycles. The molecule has 0 spiro atoms. The van der Waals surface area contributed by atoms with Crippen LogP contribution in [0.2, 0.25) is 0 Å². The Hall–Kier alpha value is -1.30. The number of nitrogens with zero attached hydrogens (tertiary/aromatic N) is 2. The number of hydrogen-bond acceptors (Lipinski definition) is 5. The molecular weight excluding hydrogens is 256 g/mol. The minimum Gasteiger partial charge on any atom is -0.271 e. The highest BCUT2D eigenvalue weighted by atomic mass is 32.1. The summed E-state index contributed by atoms with van der Waals surface area (Å²) < 4.78 is 0. The average Bonchev–Trinajstić information content (AvgIpc) is 2.75. The predicted octanol–water partition coefficient (Wildman–Crippen LogP) is 2.46. The first kappa shape index (κ1) is 14.1. The average molecular weight is 276 g/mol. The van der Waals surface area contributed by atoms with Gasteiger partial charge in [0.15, 0.2) is 0 Å². The van der Waals surface area contributed by atoms with Crippen LogP contribution in [-0.2, 0) is 12.8 Å². The molecule has 102 valence electrons. The molecule has 2 aromatic rings. The summed E-state index contributed by atoms with van der Waals surface area (Å²) in [5.41, 5.74) is 6.24. The first-order chi connectivity index (χ1) is 9.15. The number of rotatable bonds is 5. The van der Waals surface area contributed by atoms with Gasteiger partial charge in [-0.15, -0.1) is 11.3 Å². The molecule has 0 bridgehead atoms. The highest BCUT2D eigenvalue weighted by Gasteiger charge is 2.17. The lowest BCUT2D eigenvalue weighted by molar-refractivity contribution is 0.532. The first-order valence-corrected chi connectivity index (χ1v) is 7.30. The molecule has 0 saturated carbocycles. The van der Waals surface area contributed by atoms with E-state index in [4.69, 9.17) is 5.84 Å². The third kappa shape index (κ3) is 3.18. The SMILES string of the molecule is CCc1cccnc1C(Cc1nc(C)c(C)s1)NN. The highest BCUT2D eigenvalue weighted by molar-refractivity contribution is 7.11. The van der Waals surface area contributed by atoms with Crippen LogP contribution in [0.15, 0.2) is 18.3 Å². The molecule has 0 fully saturated rings. The van der Waals surface area contributed by atoms with Crippen LogP contribution in [0.4, 0.5) is 0 Å². The first-order valence-electron chi connectivity index (χ1n) is 6.48. The zero-order valence-corrected chi connectivity index (χ0v) is 12.4. The van der Waals surface area contributed by atoms with E-state index in [-0.39, 0.29) is 6.04 Å². The van der Waals surface area contributed by atoms with Crippen molar-refractivity contribution in [3.8, 4) is 0 Å². The molecule has 3 N–H and O–H groups in total. The molecule has 5 heteroatoms. The van der Waals surface area contributed by atoms with Gasteiger partial charge in [-0.2, -0.15) is 0 Å². The van der Waals surface area contributed by atoms with Crippen molar-refractivity contribution in [3.05, 3.63) is 45.2 Å². The van der Waals surface area contributed by atoms with Crippen LogP contribution in [0.5, 0.6) is 0 Å². The molecule has 1 atom stereocenters. The van der Waals surface area contributed by atoms with Gasteiger partial charge in [-0.3, -0.25) is 16.3 Å². The number of nitrogens with one attached hydrogen (secondary N) is 1. The fourth-order valence-electron chi connectivity index (χ4n) is 2.10. The number of nitrogens with two attached hydrogens (primary N) is 1. The zero-order chi connectivity index (χ0) is 13.8. The Morgan fingerprint density at radius 2 is 2.21 bits per heavy atom. The number of thiazole rings is 1. The molecule has 2 aromatic heterocycles. The van der Waals surface area contributed by atoms with Crippen molar-refractivity contribution in [2.75, 3.05) is 0 Å². The Morgan fingerprint density at radius 3 is 2.79 bits per heavy atom. The quantitative estimate of drug-likeness (QED) is 0.650. The lowest BCUT2D eigenvalue weighted by Crippen LogP contribution is -2.31. The van der Waals surface area contributed by atoms with Crippen LogP contribution in [0.3, 0.4) is 0 Å². The molecule has 4 nitrogen and oxygen atoms in total. The maximum Gasteiger partial charge on any atom is 0.0950 e. The number of pyridine rings is 1. The van der Waals surface area contributed by atoms with Gasteiger partial charge in [-0.1, -0.05) is 13.0 Å². The van der Waals surface area contributed by atoms with Crippen molar-refractivity contribution in [2.24, 2.45) is 5.84 Å². The van der Waals surface area contributed by atoms with Gasteiger partial charge in [-0.25, -0.2) is 4.98 Å². The molecule has 0 saturated heterocycles. The lowest BCUT2D eigenvalue weighted by atomic mass is 10.0. The Labute approximate surface area is 118 Å². The van der Waals surface area contributed by atoms with Gasteiger partial charge in [0.1, 0.15) is 0 Å². The minimum absolute atomic E-state index is 0.0149. The van der Waals surface area contributed by atoms with Crippen molar-refractivity contribution < 1.29 is 0 Å². The molecule has 0 aromatic carbocycles. The van der Waals surface area contributed by atoms with Crippen molar-refractivity contribution in [1.82, 2.24) is 15.4 Å². The molecule has 2 heterocycles. The Bertz CT molecular complexity index is 531. The van der Waals surface area contributed by atoms with E-state index in [0.29, 0.717) is 0 Å². The topological polar surface area (TPSA) is 63.8 Å². The van der Waals surface area contributed by atoms with Gasteiger partial charge in [0.2, 0.25) is 0 Å². The van der Waals surface area contributed by atoms with Gasteiger partial charge in [0.25, 0.3) is 0 Å². The molecule has 0 radical (unpaired) electrons. The van der Waals surface area contributed by atoms with Crippen LogP contribution in [-0.4, -0.2) is 9.97 Å². The van der Waals surface area contributed by atoms with Crippen molar-refractivity contribution >= 4 is 11.3 Å². The Kier molecular flexibility index (Phi) is 4.63. The monoisotopic (exact) mass is 276 g/mol. The van der Waals surface area contributed by atoms with Crippen LogP contribution in [0.1, 0.15) is 39.8 Å². The van der Waals surface area contributed by atoms with E-state index in [2.05, 4.69) is 35.3 Å². The summed E-state index contributed by atoms with van der Waals surface area (Å²) in [5, 5.41) is 1.10. The van der Waals surface area contributed by atoms with Crippen LogP contribution in [0.25, 0.3) is 0 Å². The highest BCUT2D eigenvalue weighted by Crippen LogP contribution is 2.24. The maximum atomic E-state index is 5.71. The fourth-order valence-corrected chi connectivity index (χ4v) is 3.08. The van der Waals surface area contributed by atoms with E-state index in [9.17, 15) is 0 Å². The molecule has 2 rings (SSSR count). The third-order valence-corrected chi connectivity index (χ3v) is 4.38. The van der Waals surface area contributed by atoms with Crippen molar-refractivity contribution in [2.45, 2.75) is 39.7 Å². The molecular formula is C14H20N4S. The largest absolute Gasteiger partial charge is 0.271 e. The van der Waals surface area contributed by atoms with Crippen LogP contribution < -0.4 is 11.3 Å². The van der Waals surface area contributed by atoms with Crippen molar-refractivity contribution in [3.63, 3.8) is 0 Å². The van der Waals surface area contributed by atoms with Gasteiger partial charge < -0.3 is 0 Å². The van der Waals surface area contributed by atoms with Crippen LogP contribution in [0, 0.1) is 13.8 Å². The second kappa shape index (κ2) is 6.23. The van der Waals surface area contributed by atoms with Gasteiger partial charge in [0.05, 0.1) is 22.4 Å². The molecule has 1 unspecified atom stereocenters. The van der Waals surface area contributed by atoms with E-state index >= 15 is 0 Å². The summed E-state index contributed by atoms with van der Waals surface area (Å²) in [7, 11) is 0. The maximum absolute atomic E-state index is 5.71. The van der Waals surface area contributed by atoms with Gasteiger partial charge in [-0.05, 0) is 31.9 Å². The minimum atomic E-state index is 0.0149. The number of aryl methyl sites for hydroxylation is 3. The number of hydrogen-bond donors (Lipinski definition) is 2. The summed E-state index contributed by atoms with van der Waals surface area (Å²) in [5.74, 6) is 5.71. The lowest BCUT2D eigenvalue weighted by Gasteiger charge is -2.16. The zero-order valence-electron chi connectivity index (χ0n) is 11.6. The van der Waals surface area contributed by atoms with E-state index in [1.165, 1.54) is 10.4 Å². The van der Waals surface area contributed by atoms with Crippen molar-refractivity contribution in [1.29, 1.82) is 0 Å². The summed E-state index contributed by atoms with van der Waals surface area (Å²) in [4.78, 5) is 10.3. The van der Waals surface area contributed by atoms with E-state index < -0.39 is 0 Å². The summed E-state index contributed by atoms with van der Waals surface area (Å²) in [6.45, 7) is 6.27.